The molecule has 0 fully saturated rings. The van der Waals surface area contributed by atoms with Crippen LogP contribution in [-0.4, -0.2) is 24.1 Å². The molecule has 0 aliphatic heterocycles. The van der Waals surface area contributed by atoms with Crippen LogP contribution in [-0.2, 0) is 15.3 Å². The van der Waals surface area contributed by atoms with Gasteiger partial charge in [0.2, 0.25) is 11.8 Å². The summed E-state index contributed by atoms with van der Waals surface area (Å²) in [4.78, 5) is 25.0. The van der Waals surface area contributed by atoms with Crippen molar-refractivity contribution < 1.29 is 9.59 Å². The minimum Gasteiger partial charge on any atom is -0.346 e. The second kappa shape index (κ2) is 9.27. The van der Waals surface area contributed by atoms with Gasteiger partial charge in [-0.15, -0.1) is 23.1 Å². The Morgan fingerprint density at radius 2 is 1.80 bits per heavy atom. The number of nitrogens with one attached hydrogen (secondary N) is 2. The molecule has 2 N–H and O–H groups in total. The Balaban J connectivity index is 1.73. The van der Waals surface area contributed by atoms with E-state index < -0.39 is 0 Å². The average Bonchev–Trinajstić information content (AvgIpc) is 2.94. The zero-order valence-corrected chi connectivity index (χ0v) is 16.8. The summed E-state index contributed by atoms with van der Waals surface area (Å²) in [6.07, 6.45) is 0. The van der Waals surface area contributed by atoms with Gasteiger partial charge in [0.25, 0.3) is 0 Å². The van der Waals surface area contributed by atoms with Gasteiger partial charge in [0, 0.05) is 16.3 Å². The van der Waals surface area contributed by atoms with E-state index in [0.717, 1.165) is 37.3 Å². The number of anilines is 1. The smallest absolute Gasteiger partial charge is 0.243 e. The van der Waals surface area contributed by atoms with Crippen LogP contribution < -0.4 is 10.6 Å². The Morgan fingerprint density at radius 3 is 2.40 bits per heavy atom. The number of hydrogen-bond donors (Lipinski definition) is 2. The monoisotopic (exact) mass is 396 g/mol. The predicted molar refractivity (Wildman–Crippen MR) is 108 cm³/mol. The van der Waals surface area contributed by atoms with Crippen molar-refractivity contribution in [2.75, 3.05) is 17.6 Å². The van der Waals surface area contributed by atoms with Crippen molar-refractivity contribution in [3.8, 4) is 0 Å². The first kappa shape index (κ1) is 19.8. The van der Waals surface area contributed by atoms with Gasteiger partial charge in [-0.25, -0.2) is 0 Å². The van der Waals surface area contributed by atoms with Gasteiger partial charge >= 0.3 is 0 Å². The number of halogens is 1. The van der Waals surface area contributed by atoms with Gasteiger partial charge in [-0.3, -0.25) is 9.59 Å². The Hall–Kier alpha value is -1.50. The van der Waals surface area contributed by atoms with E-state index in [4.69, 9.17) is 11.6 Å². The van der Waals surface area contributed by atoms with Crippen LogP contribution in [0.4, 0.5) is 5.69 Å². The second-order valence-corrected chi connectivity index (χ2v) is 8.58. The molecule has 2 rings (SSSR count). The minimum absolute atomic E-state index is 0.0308. The molecule has 0 bridgehead atoms. The fraction of sp³-hybridized carbons (Fsp3) is 0.333. The molecular formula is C18H21ClN2O2S2. The molecule has 1 heterocycles. The fourth-order valence-corrected chi connectivity index (χ4v) is 4.52. The summed E-state index contributed by atoms with van der Waals surface area (Å²) < 4.78 is 0.749. The SMILES string of the molecule is Cc1cc(C)c(NC(=O)CNC(=O)CSCc2ccc(Cl)s2)c(C)c1. The summed E-state index contributed by atoms with van der Waals surface area (Å²) >= 11 is 8.88. The molecule has 0 saturated carbocycles. The van der Waals surface area contributed by atoms with Crippen LogP contribution in [0.3, 0.4) is 0 Å². The fourth-order valence-electron chi connectivity index (χ4n) is 2.46. The number of benzene rings is 1. The summed E-state index contributed by atoms with van der Waals surface area (Å²) in [5.41, 5.74) is 4.00. The average molecular weight is 397 g/mol. The maximum Gasteiger partial charge on any atom is 0.243 e. The first-order valence-corrected chi connectivity index (χ1v) is 10.2. The van der Waals surface area contributed by atoms with Crippen molar-refractivity contribution in [2.24, 2.45) is 0 Å². The molecule has 1 aromatic heterocycles. The molecule has 7 heteroatoms. The van der Waals surface area contributed by atoms with Gasteiger partial charge in [-0.1, -0.05) is 29.3 Å². The first-order chi connectivity index (χ1) is 11.8. The number of aryl methyl sites for hydroxylation is 3. The van der Waals surface area contributed by atoms with Crippen molar-refractivity contribution in [1.29, 1.82) is 0 Å². The third kappa shape index (κ3) is 6.38. The Labute approximate surface area is 161 Å². The van der Waals surface area contributed by atoms with Crippen molar-refractivity contribution in [1.82, 2.24) is 5.32 Å². The number of amides is 2. The molecule has 0 radical (unpaired) electrons. The van der Waals surface area contributed by atoms with Crippen LogP contribution in [0.15, 0.2) is 24.3 Å². The van der Waals surface area contributed by atoms with E-state index in [2.05, 4.69) is 10.6 Å². The molecule has 0 saturated heterocycles. The normalized spacial score (nSPS) is 10.6. The Morgan fingerprint density at radius 1 is 1.12 bits per heavy atom. The second-order valence-electron chi connectivity index (χ2n) is 5.80. The number of thiophene rings is 1. The Kier molecular flexibility index (Phi) is 7.35. The third-order valence-electron chi connectivity index (χ3n) is 3.49. The molecule has 0 spiro atoms. The molecule has 4 nitrogen and oxygen atoms in total. The van der Waals surface area contributed by atoms with Gasteiger partial charge in [-0.05, 0) is 44.0 Å². The summed E-state index contributed by atoms with van der Waals surface area (Å²) in [6, 6.07) is 7.85. The summed E-state index contributed by atoms with van der Waals surface area (Å²) in [6.45, 7) is 5.91. The van der Waals surface area contributed by atoms with Crippen LogP contribution >= 0.6 is 34.7 Å². The maximum absolute atomic E-state index is 12.1. The zero-order valence-electron chi connectivity index (χ0n) is 14.4. The molecule has 0 unspecified atom stereocenters. The highest BCUT2D eigenvalue weighted by molar-refractivity contribution is 7.99. The van der Waals surface area contributed by atoms with Gasteiger partial charge in [0.05, 0.1) is 16.6 Å². The van der Waals surface area contributed by atoms with Crippen molar-refractivity contribution in [2.45, 2.75) is 26.5 Å². The summed E-state index contributed by atoms with van der Waals surface area (Å²) in [5.74, 6) is 0.669. The molecule has 2 amide bonds. The number of thioether (sulfide) groups is 1. The highest BCUT2D eigenvalue weighted by Gasteiger charge is 2.10. The molecule has 25 heavy (non-hydrogen) atoms. The van der Waals surface area contributed by atoms with Gasteiger partial charge in [0.15, 0.2) is 0 Å². The van der Waals surface area contributed by atoms with Gasteiger partial charge in [0.1, 0.15) is 0 Å². The summed E-state index contributed by atoms with van der Waals surface area (Å²) in [5, 5.41) is 5.52. The topological polar surface area (TPSA) is 58.2 Å². The number of hydrogen-bond acceptors (Lipinski definition) is 4. The van der Waals surface area contributed by atoms with Gasteiger partial charge < -0.3 is 10.6 Å². The number of rotatable bonds is 7. The van der Waals surface area contributed by atoms with Crippen molar-refractivity contribution >= 4 is 52.2 Å². The van der Waals surface area contributed by atoms with Crippen LogP contribution in [0.2, 0.25) is 4.34 Å². The Bertz CT molecular complexity index is 751. The molecule has 0 aliphatic carbocycles. The van der Waals surface area contributed by atoms with E-state index in [1.807, 2.05) is 45.0 Å². The van der Waals surface area contributed by atoms with E-state index in [9.17, 15) is 9.59 Å². The third-order valence-corrected chi connectivity index (χ3v) is 5.89. The molecular weight excluding hydrogens is 376 g/mol. The van der Waals surface area contributed by atoms with E-state index >= 15 is 0 Å². The lowest BCUT2D eigenvalue weighted by Crippen LogP contribution is -2.34. The highest BCUT2D eigenvalue weighted by atomic mass is 35.5. The standard InChI is InChI=1S/C18H21ClN2O2S2/c1-11-6-12(2)18(13(3)7-11)21-16(22)8-20-17(23)10-24-9-14-4-5-15(19)25-14/h4-7H,8-10H2,1-3H3,(H,20,23)(H,21,22). The minimum atomic E-state index is -0.224. The maximum atomic E-state index is 12.1. The van der Waals surface area contributed by atoms with Crippen molar-refractivity contribution in [3.05, 3.63) is 50.2 Å². The van der Waals surface area contributed by atoms with Crippen LogP contribution in [0.5, 0.6) is 0 Å². The van der Waals surface area contributed by atoms with Gasteiger partial charge in [-0.2, -0.15) is 0 Å². The lowest BCUT2D eigenvalue weighted by Gasteiger charge is -2.13. The van der Waals surface area contributed by atoms with Crippen LogP contribution in [0.25, 0.3) is 0 Å². The molecule has 0 aliphatic rings. The quantitative estimate of drug-likeness (QED) is 0.732. The molecule has 1 aromatic carbocycles. The highest BCUT2D eigenvalue weighted by Crippen LogP contribution is 2.25. The largest absolute Gasteiger partial charge is 0.346 e. The lowest BCUT2D eigenvalue weighted by molar-refractivity contribution is -0.122. The number of carbonyl (C=O) groups excluding carboxylic acids is 2. The van der Waals surface area contributed by atoms with Crippen LogP contribution in [0, 0.1) is 20.8 Å². The number of carbonyl (C=O) groups is 2. The van der Waals surface area contributed by atoms with E-state index in [0.29, 0.717) is 5.75 Å². The molecule has 0 atom stereocenters. The molecule has 134 valence electrons. The van der Waals surface area contributed by atoms with E-state index in [-0.39, 0.29) is 18.4 Å². The first-order valence-electron chi connectivity index (χ1n) is 7.81. The van der Waals surface area contributed by atoms with Crippen LogP contribution in [0.1, 0.15) is 21.6 Å². The van der Waals surface area contributed by atoms with Crippen molar-refractivity contribution in [3.63, 3.8) is 0 Å². The summed E-state index contributed by atoms with van der Waals surface area (Å²) in [7, 11) is 0. The van der Waals surface area contributed by atoms with E-state index in [1.54, 1.807) is 0 Å². The predicted octanol–water partition coefficient (Wildman–Crippen LogP) is 4.31. The molecule has 2 aromatic rings. The van der Waals surface area contributed by atoms with E-state index in [1.165, 1.54) is 23.1 Å². The zero-order chi connectivity index (χ0) is 18.4. The lowest BCUT2D eigenvalue weighted by atomic mass is 10.1.